The molecule has 1 aromatic carbocycles. The van der Waals surface area contributed by atoms with Crippen LogP contribution in [0.3, 0.4) is 0 Å². The molecule has 1 nitrogen and oxygen atoms in total. The van der Waals surface area contributed by atoms with Crippen molar-refractivity contribution < 1.29 is 0 Å². The fourth-order valence-electron chi connectivity index (χ4n) is 2.93. The number of hydrogen-bond donors (Lipinski definition) is 1. The van der Waals surface area contributed by atoms with Gasteiger partial charge in [-0.3, -0.25) is 0 Å². The molecule has 1 aromatic rings. The molecule has 1 atom stereocenters. The van der Waals surface area contributed by atoms with Crippen molar-refractivity contribution in [2.75, 3.05) is 6.54 Å². The standard InChI is InChI=1S/C18H31N/c1-7-8-19-17(9-13(2)3)12-18-15(5)10-14(4)11-16(18)6/h10-11,13,17,19H,7-9,12H2,1-6H3. The van der Waals surface area contributed by atoms with E-state index in [0.29, 0.717) is 6.04 Å². The van der Waals surface area contributed by atoms with E-state index in [2.05, 4.69) is 59.0 Å². The summed E-state index contributed by atoms with van der Waals surface area (Å²) in [6.07, 6.45) is 3.63. The molecule has 0 saturated carbocycles. The van der Waals surface area contributed by atoms with E-state index >= 15 is 0 Å². The van der Waals surface area contributed by atoms with Gasteiger partial charge in [0.15, 0.2) is 0 Å². The second-order valence-electron chi connectivity index (χ2n) is 6.36. The molecule has 0 radical (unpaired) electrons. The van der Waals surface area contributed by atoms with Gasteiger partial charge in [0.1, 0.15) is 0 Å². The lowest BCUT2D eigenvalue weighted by Gasteiger charge is -2.23. The average Bonchev–Trinajstić information content (AvgIpc) is 2.29. The maximum absolute atomic E-state index is 3.72. The van der Waals surface area contributed by atoms with Gasteiger partial charge in [0, 0.05) is 6.04 Å². The first-order valence-electron chi connectivity index (χ1n) is 7.74. The van der Waals surface area contributed by atoms with Gasteiger partial charge < -0.3 is 5.32 Å². The van der Waals surface area contributed by atoms with Gasteiger partial charge in [-0.25, -0.2) is 0 Å². The van der Waals surface area contributed by atoms with Crippen LogP contribution in [-0.2, 0) is 6.42 Å². The minimum Gasteiger partial charge on any atom is -0.314 e. The fraction of sp³-hybridized carbons (Fsp3) is 0.667. The van der Waals surface area contributed by atoms with E-state index in [9.17, 15) is 0 Å². The van der Waals surface area contributed by atoms with Crippen LogP contribution in [-0.4, -0.2) is 12.6 Å². The first-order valence-corrected chi connectivity index (χ1v) is 7.74. The number of rotatable bonds is 7. The summed E-state index contributed by atoms with van der Waals surface area (Å²) in [5, 5.41) is 3.72. The van der Waals surface area contributed by atoms with Crippen molar-refractivity contribution in [2.24, 2.45) is 5.92 Å². The van der Waals surface area contributed by atoms with Crippen LogP contribution in [0.2, 0.25) is 0 Å². The summed E-state index contributed by atoms with van der Waals surface area (Å²) in [5.41, 5.74) is 5.81. The molecule has 0 spiro atoms. The van der Waals surface area contributed by atoms with Gasteiger partial charge in [-0.2, -0.15) is 0 Å². The third-order valence-electron chi connectivity index (χ3n) is 3.73. The highest BCUT2D eigenvalue weighted by Crippen LogP contribution is 2.20. The summed E-state index contributed by atoms with van der Waals surface area (Å²) in [6, 6.07) is 5.24. The summed E-state index contributed by atoms with van der Waals surface area (Å²) in [6.45, 7) is 14.7. The van der Waals surface area contributed by atoms with Crippen LogP contribution in [0, 0.1) is 26.7 Å². The quantitative estimate of drug-likeness (QED) is 0.758. The van der Waals surface area contributed by atoms with E-state index < -0.39 is 0 Å². The second kappa shape index (κ2) is 7.69. The van der Waals surface area contributed by atoms with E-state index in [1.54, 1.807) is 5.56 Å². The van der Waals surface area contributed by atoms with Crippen LogP contribution in [0.1, 0.15) is 55.9 Å². The molecule has 0 saturated heterocycles. The predicted octanol–water partition coefficient (Wildman–Crippen LogP) is 4.57. The van der Waals surface area contributed by atoms with Crippen molar-refractivity contribution >= 4 is 0 Å². The lowest BCUT2D eigenvalue weighted by Crippen LogP contribution is -2.33. The Morgan fingerprint density at radius 1 is 1.05 bits per heavy atom. The van der Waals surface area contributed by atoms with Gasteiger partial charge in [0.05, 0.1) is 0 Å². The highest BCUT2D eigenvalue weighted by Gasteiger charge is 2.14. The van der Waals surface area contributed by atoms with Crippen LogP contribution < -0.4 is 5.32 Å². The highest BCUT2D eigenvalue weighted by atomic mass is 14.9. The van der Waals surface area contributed by atoms with Gasteiger partial charge in [0.25, 0.3) is 0 Å². The monoisotopic (exact) mass is 261 g/mol. The molecule has 1 rings (SSSR count). The van der Waals surface area contributed by atoms with E-state index in [1.165, 1.54) is 29.5 Å². The molecular formula is C18H31N. The zero-order chi connectivity index (χ0) is 14.4. The molecule has 1 unspecified atom stereocenters. The van der Waals surface area contributed by atoms with Crippen molar-refractivity contribution in [1.82, 2.24) is 5.32 Å². The van der Waals surface area contributed by atoms with Gasteiger partial charge in [-0.15, -0.1) is 0 Å². The van der Waals surface area contributed by atoms with Crippen LogP contribution in [0.5, 0.6) is 0 Å². The Morgan fingerprint density at radius 3 is 2.11 bits per heavy atom. The number of aryl methyl sites for hydroxylation is 3. The first-order chi connectivity index (χ1) is 8.93. The molecule has 0 fully saturated rings. The summed E-state index contributed by atoms with van der Waals surface area (Å²) in [4.78, 5) is 0. The van der Waals surface area contributed by atoms with Crippen molar-refractivity contribution in [1.29, 1.82) is 0 Å². The molecule has 0 bridgehead atoms. The Labute approximate surface area is 119 Å². The van der Waals surface area contributed by atoms with Crippen LogP contribution in [0.4, 0.5) is 0 Å². The lowest BCUT2D eigenvalue weighted by molar-refractivity contribution is 0.415. The summed E-state index contributed by atoms with van der Waals surface area (Å²) in [5.74, 6) is 0.750. The normalized spacial score (nSPS) is 13.0. The van der Waals surface area contributed by atoms with Gasteiger partial charge in [-0.1, -0.05) is 38.5 Å². The zero-order valence-electron chi connectivity index (χ0n) is 13.6. The van der Waals surface area contributed by atoms with E-state index in [0.717, 1.165) is 18.9 Å². The van der Waals surface area contributed by atoms with Crippen molar-refractivity contribution in [2.45, 2.75) is 66.8 Å². The average molecular weight is 261 g/mol. The van der Waals surface area contributed by atoms with Crippen LogP contribution in [0.25, 0.3) is 0 Å². The summed E-state index contributed by atoms with van der Waals surface area (Å²) < 4.78 is 0. The van der Waals surface area contributed by atoms with E-state index in [4.69, 9.17) is 0 Å². The zero-order valence-corrected chi connectivity index (χ0v) is 13.6. The first kappa shape index (κ1) is 16.2. The highest BCUT2D eigenvalue weighted by molar-refractivity contribution is 5.38. The third kappa shape index (κ3) is 5.36. The predicted molar refractivity (Wildman–Crippen MR) is 85.9 cm³/mol. The Bertz CT molecular complexity index is 370. The molecule has 0 aromatic heterocycles. The largest absolute Gasteiger partial charge is 0.314 e. The second-order valence-corrected chi connectivity index (χ2v) is 6.36. The van der Waals surface area contributed by atoms with Crippen molar-refractivity contribution in [3.05, 3.63) is 34.4 Å². The topological polar surface area (TPSA) is 12.0 Å². The molecule has 108 valence electrons. The SMILES string of the molecule is CCCNC(Cc1c(C)cc(C)cc1C)CC(C)C. The molecule has 0 aliphatic rings. The third-order valence-corrected chi connectivity index (χ3v) is 3.73. The van der Waals surface area contributed by atoms with Crippen molar-refractivity contribution in [3.8, 4) is 0 Å². The molecule has 1 heteroatoms. The van der Waals surface area contributed by atoms with E-state index in [1.807, 2.05) is 0 Å². The van der Waals surface area contributed by atoms with Crippen molar-refractivity contribution in [3.63, 3.8) is 0 Å². The van der Waals surface area contributed by atoms with Gasteiger partial charge in [0.2, 0.25) is 0 Å². The lowest BCUT2D eigenvalue weighted by atomic mass is 9.91. The number of benzene rings is 1. The molecule has 1 N–H and O–H groups in total. The van der Waals surface area contributed by atoms with Gasteiger partial charge >= 0.3 is 0 Å². The fourth-order valence-corrected chi connectivity index (χ4v) is 2.93. The maximum atomic E-state index is 3.72. The Hall–Kier alpha value is -0.820. The van der Waals surface area contributed by atoms with Crippen LogP contribution in [0.15, 0.2) is 12.1 Å². The van der Waals surface area contributed by atoms with Crippen LogP contribution >= 0.6 is 0 Å². The minimum atomic E-state index is 0.611. The number of hydrogen-bond acceptors (Lipinski definition) is 1. The Morgan fingerprint density at radius 2 is 1.63 bits per heavy atom. The smallest absolute Gasteiger partial charge is 0.0110 e. The molecular weight excluding hydrogens is 230 g/mol. The van der Waals surface area contributed by atoms with E-state index in [-0.39, 0.29) is 0 Å². The summed E-state index contributed by atoms with van der Waals surface area (Å²) >= 11 is 0. The molecule has 0 aliphatic heterocycles. The van der Waals surface area contributed by atoms with Gasteiger partial charge in [-0.05, 0) is 69.2 Å². The molecule has 0 aliphatic carbocycles. The minimum absolute atomic E-state index is 0.611. The Kier molecular flexibility index (Phi) is 6.57. The Balaban J connectivity index is 2.83. The maximum Gasteiger partial charge on any atom is 0.0110 e. The number of nitrogens with one attached hydrogen (secondary N) is 1. The molecule has 0 amide bonds. The summed E-state index contributed by atoms with van der Waals surface area (Å²) in [7, 11) is 0. The molecule has 0 heterocycles. The molecule has 19 heavy (non-hydrogen) atoms.